The van der Waals surface area contributed by atoms with Gasteiger partial charge in [0.05, 0.1) is 22.8 Å². The van der Waals surface area contributed by atoms with Gasteiger partial charge in [0.15, 0.2) is 0 Å². The Balaban J connectivity index is 1.62. The van der Waals surface area contributed by atoms with Crippen molar-refractivity contribution < 1.29 is 23.4 Å². The minimum absolute atomic E-state index is 0.0497. The second kappa shape index (κ2) is 9.41. The van der Waals surface area contributed by atoms with Crippen LogP contribution in [0.1, 0.15) is 69.4 Å². The Morgan fingerprint density at radius 2 is 1.75 bits per heavy atom. The lowest BCUT2D eigenvalue weighted by atomic mass is 9.93. The van der Waals surface area contributed by atoms with Gasteiger partial charge in [-0.25, -0.2) is 18.1 Å². The van der Waals surface area contributed by atoms with Crippen molar-refractivity contribution in [1.29, 1.82) is 0 Å². The van der Waals surface area contributed by atoms with Crippen molar-refractivity contribution in [3.8, 4) is 0 Å². The number of rotatable bonds is 7. The summed E-state index contributed by atoms with van der Waals surface area (Å²) in [4.78, 5) is 20.1. The summed E-state index contributed by atoms with van der Waals surface area (Å²) in [5.41, 5.74) is -0.821. The van der Waals surface area contributed by atoms with E-state index in [1.54, 1.807) is 39.0 Å². The number of nitrogens with zero attached hydrogens (tertiary/aromatic N) is 2. The molecule has 1 saturated heterocycles. The molecular weight excluding hydrogens is 480 g/mol. The van der Waals surface area contributed by atoms with E-state index in [1.165, 1.54) is 38.0 Å². The van der Waals surface area contributed by atoms with Crippen LogP contribution in [0.25, 0.3) is 0 Å². The first kappa shape index (κ1) is 26.5. The number of sulfonamides is 1. The Morgan fingerprint density at radius 1 is 1.08 bits per heavy atom. The van der Waals surface area contributed by atoms with Crippen molar-refractivity contribution in [1.82, 2.24) is 9.71 Å². The highest BCUT2D eigenvalue weighted by molar-refractivity contribution is 7.89. The predicted octanol–water partition coefficient (Wildman–Crippen LogP) is 2.99. The fourth-order valence-electron chi connectivity index (χ4n) is 4.52. The van der Waals surface area contributed by atoms with E-state index < -0.39 is 33.7 Å². The lowest BCUT2D eigenvalue weighted by molar-refractivity contribution is -0.00581. The zero-order valence-electron chi connectivity index (χ0n) is 21.3. The second-order valence-electron chi connectivity index (χ2n) is 11.3. The number of aromatic nitrogens is 1. The fraction of sp³-hybridized carbons (Fsp3) is 0.538. The van der Waals surface area contributed by atoms with Gasteiger partial charge in [-0.1, -0.05) is 6.07 Å². The number of nitrogens with one attached hydrogen (secondary N) is 2. The number of pyridine rings is 1. The number of carbonyl (C=O) groups is 1. The standard InChI is InChI=1S/C26H36N4O5S/c1-24(2,3)29-36(34,35)19-7-5-6-18(16-19)27-23(32)20-8-9-21(25(4,33)17-31)28-22(20)30-14-12-26(10-11-26)13-15-30/h5-9,16,29,31,33H,10-15,17H2,1-4H3,(H,27,32)/t25-/m0/s1. The summed E-state index contributed by atoms with van der Waals surface area (Å²) in [6, 6.07) is 9.23. The van der Waals surface area contributed by atoms with E-state index in [9.17, 15) is 23.4 Å². The van der Waals surface area contributed by atoms with Gasteiger partial charge in [0.1, 0.15) is 11.4 Å². The van der Waals surface area contributed by atoms with Gasteiger partial charge >= 0.3 is 0 Å². The summed E-state index contributed by atoms with van der Waals surface area (Å²) in [5, 5.41) is 23.0. The summed E-state index contributed by atoms with van der Waals surface area (Å²) in [6.45, 7) is 7.76. The molecule has 1 saturated carbocycles. The Kier molecular flexibility index (Phi) is 6.93. The molecule has 0 radical (unpaired) electrons. The number of benzene rings is 1. The maximum absolute atomic E-state index is 13.4. The molecule has 1 aliphatic heterocycles. The van der Waals surface area contributed by atoms with E-state index in [-0.39, 0.29) is 10.6 Å². The van der Waals surface area contributed by atoms with Crippen molar-refractivity contribution in [3.63, 3.8) is 0 Å². The molecule has 2 heterocycles. The summed E-state index contributed by atoms with van der Waals surface area (Å²) < 4.78 is 28.1. The van der Waals surface area contributed by atoms with E-state index >= 15 is 0 Å². The number of hydrogen-bond acceptors (Lipinski definition) is 7. The minimum atomic E-state index is -3.77. The van der Waals surface area contributed by atoms with Crippen LogP contribution in [0.15, 0.2) is 41.3 Å². The lowest BCUT2D eigenvalue weighted by Crippen LogP contribution is -2.40. The highest BCUT2D eigenvalue weighted by atomic mass is 32.2. The smallest absolute Gasteiger partial charge is 0.259 e. The second-order valence-corrected chi connectivity index (χ2v) is 13.0. The molecule has 1 aromatic carbocycles. The minimum Gasteiger partial charge on any atom is -0.393 e. The number of aliphatic hydroxyl groups is 2. The van der Waals surface area contributed by atoms with Gasteiger partial charge in [0.25, 0.3) is 5.91 Å². The van der Waals surface area contributed by atoms with Crippen molar-refractivity contribution in [2.45, 2.75) is 69.4 Å². The maximum Gasteiger partial charge on any atom is 0.259 e. The topological polar surface area (TPSA) is 132 Å². The highest BCUT2D eigenvalue weighted by Gasteiger charge is 2.45. The molecule has 1 aliphatic carbocycles. The number of hydrogen-bond donors (Lipinski definition) is 4. The predicted molar refractivity (Wildman–Crippen MR) is 138 cm³/mol. The van der Waals surface area contributed by atoms with Crippen LogP contribution >= 0.6 is 0 Å². The quantitative estimate of drug-likeness (QED) is 0.445. The molecule has 9 nitrogen and oxygen atoms in total. The first-order valence-corrected chi connectivity index (χ1v) is 13.8. The summed E-state index contributed by atoms with van der Waals surface area (Å²) in [7, 11) is -3.77. The van der Waals surface area contributed by atoms with Crippen LogP contribution in [-0.4, -0.2) is 54.8 Å². The average Bonchev–Trinajstić information content (AvgIpc) is 3.56. The van der Waals surface area contributed by atoms with E-state index in [2.05, 4.69) is 19.9 Å². The van der Waals surface area contributed by atoms with Crippen LogP contribution in [-0.2, 0) is 15.6 Å². The maximum atomic E-state index is 13.4. The SMILES string of the molecule is CC(C)(C)NS(=O)(=O)c1cccc(NC(=O)c2ccc([C@@](C)(O)CO)nc2N2CCC3(CC2)CC3)c1. The molecule has 36 heavy (non-hydrogen) atoms. The number of amides is 1. The van der Waals surface area contributed by atoms with Gasteiger partial charge in [-0.05, 0) is 89.1 Å². The van der Waals surface area contributed by atoms with Gasteiger partial charge in [0, 0.05) is 24.3 Å². The largest absolute Gasteiger partial charge is 0.393 e. The number of aliphatic hydroxyl groups excluding tert-OH is 1. The molecule has 1 aromatic heterocycles. The molecule has 2 fully saturated rings. The third-order valence-corrected chi connectivity index (χ3v) is 8.66. The highest BCUT2D eigenvalue weighted by Crippen LogP contribution is 2.54. The van der Waals surface area contributed by atoms with E-state index in [0.29, 0.717) is 22.5 Å². The Labute approximate surface area is 213 Å². The Hall–Kier alpha value is -2.53. The van der Waals surface area contributed by atoms with Gasteiger partial charge in [-0.15, -0.1) is 0 Å². The summed E-state index contributed by atoms with van der Waals surface area (Å²) in [6.07, 6.45) is 4.53. The molecule has 4 N–H and O–H groups in total. The zero-order chi connectivity index (χ0) is 26.4. The molecule has 1 atom stereocenters. The molecule has 1 spiro atoms. The first-order chi connectivity index (χ1) is 16.7. The zero-order valence-corrected chi connectivity index (χ0v) is 22.2. The Bertz CT molecular complexity index is 1240. The van der Waals surface area contributed by atoms with Gasteiger partial charge in [0.2, 0.25) is 10.0 Å². The van der Waals surface area contributed by atoms with Crippen LogP contribution in [0.5, 0.6) is 0 Å². The van der Waals surface area contributed by atoms with Gasteiger partial charge in [-0.2, -0.15) is 0 Å². The van der Waals surface area contributed by atoms with Crippen molar-refractivity contribution in [2.24, 2.45) is 5.41 Å². The number of carbonyl (C=O) groups excluding carboxylic acids is 1. The van der Waals surface area contributed by atoms with Crippen molar-refractivity contribution in [3.05, 3.63) is 47.7 Å². The third-order valence-electron chi connectivity index (χ3n) is 6.90. The fourth-order valence-corrected chi connectivity index (χ4v) is 5.98. The molecule has 1 amide bonds. The molecule has 0 unspecified atom stereocenters. The molecule has 0 bridgehead atoms. The van der Waals surface area contributed by atoms with Gasteiger partial charge in [-0.3, -0.25) is 4.79 Å². The molecule has 4 rings (SSSR count). The molecule has 10 heteroatoms. The van der Waals surface area contributed by atoms with Crippen LogP contribution in [0, 0.1) is 5.41 Å². The van der Waals surface area contributed by atoms with Crippen LogP contribution in [0.3, 0.4) is 0 Å². The van der Waals surface area contributed by atoms with Crippen LogP contribution in [0.2, 0.25) is 0 Å². The van der Waals surface area contributed by atoms with Crippen molar-refractivity contribution in [2.75, 3.05) is 29.9 Å². The van der Waals surface area contributed by atoms with Crippen LogP contribution < -0.4 is 14.9 Å². The van der Waals surface area contributed by atoms with Gasteiger partial charge < -0.3 is 20.4 Å². The molecule has 2 aromatic rings. The van der Waals surface area contributed by atoms with E-state index in [0.717, 1.165) is 25.9 Å². The average molecular weight is 517 g/mol. The Morgan fingerprint density at radius 3 is 2.33 bits per heavy atom. The summed E-state index contributed by atoms with van der Waals surface area (Å²) >= 11 is 0. The van der Waals surface area contributed by atoms with E-state index in [1.807, 2.05) is 0 Å². The number of piperidine rings is 1. The lowest BCUT2D eigenvalue weighted by Gasteiger charge is -2.34. The monoisotopic (exact) mass is 516 g/mol. The third kappa shape index (κ3) is 5.88. The summed E-state index contributed by atoms with van der Waals surface area (Å²) in [5.74, 6) is 0.0186. The molecule has 196 valence electrons. The molecule has 2 aliphatic rings. The van der Waals surface area contributed by atoms with E-state index in [4.69, 9.17) is 0 Å². The number of anilines is 2. The first-order valence-electron chi connectivity index (χ1n) is 12.3. The normalized spacial score (nSPS) is 19.1. The molecular formula is C26H36N4O5S. The van der Waals surface area contributed by atoms with Crippen molar-refractivity contribution >= 4 is 27.4 Å². The van der Waals surface area contributed by atoms with Crippen LogP contribution in [0.4, 0.5) is 11.5 Å².